The molecule has 3 rings (SSSR count). The topological polar surface area (TPSA) is 84.9 Å². The minimum Gasteiger partial charge on any atom is -0.493 e. The summed E-state index contributed by atoms with van der Waals surface area (Å²) in [6.07, 6.45) is 0. The second-order valence-electron chi connectivity index (χ2n) is 7.71. The van der Waals surface area contributed by atoms with E-state index >= 15 is 0 Å². The van der Waals surface area contributed by atoms with Crippen molar-refractivity contribution in [1.29, 1.82) is 0 Å². The molecule has 1 amide bonds. The number of ether oxygens (including phenoxy) is 2. The number of nitrogens with zero attached hydrogens (tertiary/aromatic N) is 1. The van der Waals surface area contributed by atoms with Gasteiger partial charge in [0.05, 0.1) is 30.8 Å². The molecule has 0 heterocycles. The van der Waals surface area contributed by atoms with Crippen molar-refractivity contribution < 1.29 is 22.7 Å². The minimum atomic E-state index is -3.99. The van der Waals surface area contributed by atoms with Gasteiger partial charge in [0, 0.05) is 4.47 Å². The van der Waals surface area contributed by atoms with Gasteiger partial charge < -0.3 is 14.8 Å². The molecular weight excluding hydrogens is 520 g/mol. The summed E-state index contributed by atoms with van der Waals surface area (Å²) >= 11 is 3.38. The molecule has 9 heteroatoms. The predicted octanol–water partition coefficient (Wildman–Crippen LogP) is 4.85. The maximum atomic E-state index is 13.5. The lowest BCUT2D eigenvalue weighted by atomic mass is 10.1. The first-order chi connectivity index (χ1) is 16.1. The van der Waals surface area contributed by atoms with E-state index in [9.17, 15) is 13.2 Å². The number of benzene rings is 3. The zero-order valence-electron chi connectivity index (χ0n) is 19.4. The van der Waals surface area contributed by atoms with E-state index in [1.54, 1.807) is 67.8 Å². The highest BCUT2D eigenvalue weighted by atomic mass is 79.9. The van der Waals surface area contributed by atoms with Gasteiger partial charge in [0.25, 0.3) is 10.0 Å². The molecular formula is C25H27BrN2O5S. The molecule has 34 heavy (non-hydrogen) atoms. The number of halogens is 1. The Kier molecular flexibility index (Phi) is 8.22. The minimum absolute atomic E-state index is 0.110. The van der Waals surface area contributed by atoms with Gasteiger partial charge in [-0.1, -0.05) is 45.8 Å². The lowest BCUT2D eigenvalue weighted by molar-refractivity contribution is -0.120. The third kappa shape index (κ3) is 5.90. The number of carbonyl (C=O) groups is 1. The molecule has 0 saturated carbocycles. The molecule has 0 saturated heterocycles. The number of hydrogen-bond donors (Lipinski definition) is 1. The largest absolute Gasteiger partial charge is 0.493 e. The zero-order valence-corrected chi connectivity index (χ0v) is 21.8. The first-order valence-corrected chi connectivity index (χ1v) is 12.7. The van der Waals surface area contributed by atoms with Crippen LogP contribution in [-0.4, -0.2) is 35.1 Å². The lowest BCUT2D eigenvalue weighted by Gasteiger charge is -2.25. The summed E-state index contributed by atoms with van der Waals surface area (Å²) < 4.78 is 39.4. The van der Waals surface area contributed by atoms with Crippen LogP contribution in [-0.2, 0) is 14.8 Å². The first kappa shape index (κ1) is 25.6. The van der Waals surface area contributed by atoms with Crippen LogP contribution in [0.5, 0.6) is 11.5 Å². The third-order valence-corrected chi connectivity index (χ3v) is 7.56. The highest BCUT2D eigenvalue weighted by Gasteiger charge is 2.28. The maximum Gasteiger partial charge on any atom is 0.264 e. The van der Waals surface area contributed by atoms with E-state index in [1.165, 1.54) is 7.11 Å². The molecule has 0 bridgehead atoms. The molecule has 0 aliphatic carbocycles. The molecule has 3 aromatic rings. The number of nitrogens with one attached hydrogen (secondary N) is 1. The molecule has 0 fully saturated rings. The molecule has 0 radical (unpaired) electrons. The average Bonchev–Trinajstić information content (AvgIpc) is 2.82. The molecule has 1 atom stereocenters. The summed E-state index contributed by atoms with van der Waals surface area (Å²) in [5.74, 6) is 0.673. The van der Waals surface area contributed by atoms with Crippen molar-refractivity contribution in [3.05, 3.63) is 82.3 Å². The van der Waals surface area contributed by atoms with Gasteiger partial charge in [0.2, 0.25) is 5.91 Å². The van der Waals surface area contributed by atoms with E-state index in [-0.39, 0.29) is 11.4 Å². The van der Waals surface area contributed by atoms with Gasteiger partial charge in [-0.3, -0.25) is 9.10 Å². The van der Waals surface area contributed by atoms with Gasteiger partial charge in [0.15, 0.2) is 11.5 Å². The Labute approximate surface area is 208 Å². The second kappa shape index (κ2) is 10.9. The first-order valence-electron chi connectivity index (χ1n) is 10.5. The molecule has 0 unspecified atom stereocenters. The standard InChI is InChI=1S/C25H27BrN2O5S/c1-17-8-11-22(12-9-17)34(30,31)28(21-7-5-6-20(26)15-21)16-25(29)27-18(2)19-10-13-23(32-3)24(14-19)33-4/h5-15,18H,16H2,1-4H3,(H,27,29)/t18-/m0/s1. The maximum absolute atomic E-state index is 13.5. The molecule has 1 N–H and O–H groups in total. The summed E-state index contributed by atoms with van der Waals surface area (Å²) in [5, 5.41) is 2.88. The van der Waals surface area contributed by atoms with Crippen molar-refractivity contribution in [3.63, 3.8) is 0 Å². The van der Waals surface area contributed by atoms with Crippen molar-refractivity contribution >= 4 is 37.5 Å². The fraction of sp³-hybridized carbons (Fsp3) is 0.240. The molecule has 0 aliphatic rings. The Morgan fingerprint density at radius 2 is 1.68 bits per heavy atom. The summed E-state index contributed by atoms with van der Waals surface area (Å²) in [6.45, 7) is 3.31. The van der Waals surface area contributed by atoms with Crippen LogP contribution >= 0.6 is 15.9 Å². The third-order valence-electron chi connectivity index (χ3n) is 5.28. The number of anilines is 1. The van der Waals surface area contributed by atoms with E-state index in [4.69, 9.17) is 9.47 Å². The Balaban J connectivity index is 1.88. The van der Waals surface area contributed by atoms with Gasteiger partial charge in [-0.05, 0) is 61.9 Å². The Morgan fingerprint density at radius 3 is 2.29 bits per heavy atom. The van der Waals surface area contributed by atoms with Crippen LogP contribution in [0.25, 0.3) is 0 Å². The zero-order chi connectivity index (χ0) is 24.9. The highest BCUT2D eigenvalue weighted by Crippen LogP contribution is 2.30. The monoisotopic (exact) mass is 546 g/mol. The summed E-state index contributed by atoms with van der Waals surface area (Å²) in [7, 11) is -0.900. The van der Waals surface area contributed by atoms with Crippen LogP contribution in [0.1, 0.15) is 24.1 Å². The molecule has 7 nitrogen and oxygen atoms in total. The SMILES string of the molecule is COc1ccc([C@H](C)NC(=O)CN(c2cccc(Br)c2)S(=O)(=O)c2ccc(C)cc2)cc1OC. The highest BCUT2D eigenvalue weighted by molar-refractivity contribution is 9.10. The Bertz CT molecular complexity index is 1260. The van der Waals surface area contributed by atoms with E-state index in [1.807, 2.05) is 19.9 Å². The fourth-order valence-corrected chi connectivity index (χ4v) is 5.21. The molecule has 0 aromatic heterocycles. The van der Waals surface area contributed by atoms with Crippen molar-refractivity contribution in [3.8, 4) is 11.5 Å². The van der Waals surface area contributed by atoms with Gasteiger partial charge >= 0.3 is 0 Å². The van der Waals surface area contributed by atoms with Crippen LogP contribution < -0.4 is 19.1 Å². The summed E-state index contributed by atoms with van der Waals surface area (Å²) in [6, 6.07) is 18.3. The summed E-state index contributed by atoms with van der Waals surface area (Å²) in [5.41, 5.74) is 2.11. The quantitative estimate of drug-likeness (QED) is 0.414. The number of hydrogen-bond acceptors (Lipinski definition) is 5. The number of aryl methyl sites for hydroxylation is 1. The molecule has 0 aliphatic heterocycles. The number of rotatable bonds is 9. The van der Waals surface area contributed by atoms with E-state index < -0.39 is 22.0 Å². The predicted molar refractivity (Wildman–Crippen MR) is 136 cm³/mol. The van der Waals surface area contributed by atoms with Crippen molar-refractivity contribution in [2.24, 2.45) is 0 Å². The Morgan fingerprint density at radius 1 is 1.00 bits per heavy atom. The smallest absolute Gasteiger partial charge is 0.264 e. The number of sulfonamides is 1. The number of amides is 1. The normalized spacial score (nSPS) is 12.0. The van der Waals surface area contributed by atoms with Gasteiger partial charge in [0.1, 0.15) is 6.54 Å². The fourth-order valence-electron chi connectivity index (χ4n) is 3.41. The van der Waals surface area contributed by atoms with Gasteiger partial charge in [-0.25, -0.2) is 8.42 Å². The molecule has 180 valence electrons. The van der Waals surface area contributed by atoms with Crippen LogP contribution in [0.4, 0.5) is 5.69 Å². The Hall–Kier alpha value is -3.04. The van der Waals surface area contributed by atoms with E-state index in [0.29, 0.717) is 21.7 Å². The van der Waals surface area contributed by atoms with Crippen molar-refractivity contribution in [2.75, 3.05) is 25.1 Å². The van der Waals surface area contributed by atoms with Crippen LogP contribution in [0, 0.1) is 6.92 Å². The number of carbonyl (C=O) groups excluding carboxylic acids is 1. The average molecular weight is 547 g/mol. The second-order valence-corrected chi connectivity index (χ2v) is 10.5. The number of methoxy groups -OCH3 is 2. The van der Waals surface area contributed by atoms with Crippen molar-refractivity contribution in [2.45, 2.75) is 24.8 Å². The summed E-state index contributed by atoms with van der Waals surface area (Å²) in [4.78, 5) is 13.1. The van der Waals surface area contributed by atoms with Crippen LogP contribution in [0.2, 0.25) is 0 Å². The molecule has 0 spiro atoms. The van der Waals surface area contributed by atoms with E-state index in [2.05, 4.69) is 21.2 Å². The van der Waals surface area contributed by atoms with Gasteiger partial charge in [-0.2, -0.15) is 0 Å². The van der Waals surface area contributed by atoms with Crippen LogP contribution in [0.3, 0.4) is 0 Å². The van der Waals surface area contributed by atoms with E-state index in [0.717, 1.165) is 15.4 Å². The van der Waals surface area contributed by atoms with Crippen molar-refractivity contribution in [1.82, 2.24) is 5.32 Å². The molecule has 3 aromatic carbocycles. The van der Waals surface area contributed by atoms with Crippen LogP contribution in [0.15, 0.2) is 76.1 Å². The van der Waals surface area contributed by atoms with Gasteiger partial charge in [-0.15, -0.1) is 0 Å². The lowest BCUT2D eigenvalue weighted by Crippen LogP contribution is -2.41.